The Hall–Kier alpha value is -0.810. The Labute approximate surface area is 93.7 Å². The summed E-state index contributed by atoms with van der Waals surface area (Å²) in [5.41, 5.74) is 0. The molecule has 1 aliphatic heterocycles. The molecule has 3 amide bonds. The average molecular weight is 235 g/mol. The quantitative estimate of drug-likeness (QED) is 0.675. The normalized spacial score (nSPS) is 22.0. The predicted octanol–water partition coefficient (Wildman–Crippen LogP) is 0.572. The van der Waals surface area contributed by atoms with Gasteiger partial charge in [-0.1, -0.05) is 0 Å². The Kier molecular flexibility index (Phi) is 4.84. The lowest BCUT2D eigenvalue weighted by atomic mass is 10.3. The van der Waals surface area contributed by atoms with E-state index in [1.54, 1.807) is 4.90 Å². The first-order valence-electron chi connectivity index (χ1n) is 4.90. The van der Waals surface area contributed by atoms with E-state index in [1.807, 2.05) is 6.92 Å². The molecule has 0 spiro atoms. The van der Waals surface area contributed by atoms with Gasteiger partial charge < -0.3 is 9.64 Å². The number of hydrogen-bond acceptors (Lipinski definition) is 3. The van der Waals surface area contributed by atoms with Gasteiger partial charge in [-0.2, -0.15) is 0 Å². The molecule has 1 heterocycles. The third-order valence-electron chi connectivity index (χ3n) is 2.11. The summed E-state index contributed by atoms with van der Waals surface area (Å²) in [5.74, 6) is -0.675. The van der Waals surface area contributed by atoms with Gasteiger partial charge in [0.15, 0.2) is 0 Å². The van der Waals surface area contributed by atoms with E-state index in [2.05, 4.69) is 5.32 Å². The van der Waals surface area contributed by atoms with Crippen molar-refractivity contribution in [3.05, 3.63) is 0 Å². The summed E-state index contributed by atoms with van der Waals surface area (Å²) >= 11 is 5.29. The van der Waals surface area contributed by atoms with E-state index in [4.69, 9.17) is 16.3 Å². The Morgan fingerprint density at radius 1 is 1.60 bits per heavy atom. The number of hydrogen-bond donors (Lipinski definition) is 1. The van der Waals surface area contributed by atoms with Gasteiger partial charge in [0, 0.05) is 19.7 Å². The van der Waals surface area contributed by atoms with Gasteiger partial charge in [0.25, 0.3) is 0 Å². The number of rotatable bonds is 1. The maximum Gasteiger partial charge on any atom is 0.324 e. The first kappa shape index (κ1) is 12.3. The molecule has 1 N–H and O–H groups in total. The Balaban J connectivity index is 2.46. The van der Waals surface area contributed by atoms with Gasteiger partial charge in [-0.15, -0.1) is 11.6 Å². The van der Waals surface area contributed by atoms with Gasteiger partial charge in [-0.05, 0) is 13.3 Å². The number of alkyl halides is 1. The maximum absolute atomic E-state index is 11.5. The number of ether oxygens (including phenoxy) is 1. The molecule has 0 aliphatic carbocycles. The number of carbonyl (C=O) groups excluding carboxylic acids is 2. The number of nitrogens with zero attached hydrogens (tertiary/aromatic N) is 1. The number of halogens is 1. The van der Waals surface area contributed by atoms with E-state index in [-0.39, 0.29) is 12.0 Å². The van der Waals surface area contributed by atoms with E-state index in [0.717, 1.165) is 6.42 Å². The van der Waals surface area contributed by atoms with Crippen molar-refractivity contribution in [1.29, 1.82) is 0 Å². The number of carbonyl (C=O) groups is 2. The third kappa shape index (κ3) is 4.05. The molecular weight excluding hydrogens is 220 g/mol. The fourth-order valence-electron chi connectivity index (χ4n) is 1.41. The Morgan fingerprint density at radius 2 is 2.33 bits per heavy atom. The van der Waals surface area contributed by atoms with Crippen LogP contribution in [0.15, 0.2) is 0 Å². The van der Waals surface area contributed by atoms with Crippen LogP contribution in [-0.4, -0.2) is 48.5 Å². The van der Waals surface area contributed by atoms with Crippen LogP contribution < -0.4 is 5.32 Å². The van der Waals surface area contributed by atoms with E-state index >= 15 is 0 Å². The zero-order valence-corrected chi connectivity index (χ0v) is 9.42. The average Bonchev–Trinajstić information content (AvgIpc) is 2.42. The summed E-state index contributed by atoms with van der Waals surface area (Å²) in [6.07, 6.45) is 0.789. The molecule has 5 nitrogen and oxygen atoms in total. The standard InChI is InChI=1S/C9H15ClN2O3/c1-7-6-12(3-2-4-15-7)9(14)11-8(13)5-10/h7H,2-6H2,1H3,(H,11,13,14). The van der Waals surface area contributed by atoms with Crippen LogP contribution in [0.2, 0.25) is 0 Å². The minimum atomic E-state index is -0.473. The molecule has 86 valence electrons. The van der Waals surface area contributed by atoms with Crippen molar-refractivity contribution in [2.45, 2.75) is 19.4 Å². The molecule has 1 atom stereocenters. The SMILES string of the molecule is CC1CN(C(=O)NC(=O)CCl)CCCO1. The van der Waals surface area contributed by atoms with Crippen LogP contribution in [-0.2, 0) is 9.53 Å². The highest BCUT2D eigenvalue weighted by molar-refractivity contribution is 6.28. The second kappa shape index (κ2) is 5.92. The summed E-state index contributed by atoms with van der Waals surface area (Å²) in [5, 5.41) is 2.21. The highest BCUT2D eigenvalue weighted by Gasteiger charge is 2.20. The van der Waals surface area contributed by atoms with Crippen molar-refractivity contribution in [1.82, 2.24) is 10.2 Å². The van der Waals surface area contributed by atoms with E-state index in [0.29, 0.717) is 19.7 Å². The van der Waals surface area contributed by atoms with Crippen LogP contribution in [0.1, 0.15) is 13.3 Å². The molecule has 1 aliphatic rings. The first-order chi connectivity index (χ1) is 7.13. The number of amides is 3. The van der Waals surface area contributed by atoms with Crippen molar-refractivity contribution in [2.24, 2.45) is 0 Å². The molecular formula is C9H15ClN2O3. The van der Waals surface area contributed by atoms with Gasteiger partial charge in [0.2, 0.25) is 5.91 Å². The first-order valence-corrected chi connectivity index (χ1v) is 5.43. The largest absolute Gasteiger partial charge is 0.377 e. The Morgan fingerprint density at radius 3 is 3.00 bits per heavy atom. The fourth-order valence-corrected chi connectivity index (χ4v) is 1.48. The lowest BCUT2D eigenvalue weighted by molar-refractivity contribution is -0.117. The second-order valence-corrected chi connectivity index (χ2v) is 3.74. The fraction of sp³-hybridized carbons (Fsp3) is 0.778. The van der Waals surface area contributed by atoms with Crippen molar-refractivity contribution in [3.63, 3.8) is 0 Å². The van der Waals surface area contributed by atoms with Crippen molar-refractivity contribution < 1.29 is 14.3 Å². The van der Waals surface area contributed by atoms with Crippen LogP contribution >= 0.6 is 11.6 Å². The molecule has 15 heavy (non-hydrogen) atoms. The molecule has 0 bridgehead atoms. The van der Waals surface area contributed by atoms with Crippen LogP contribution in [0.25, 0.3) is 0 Å². The second-order valence-electron chi connectivity index (χ2n) is 3.47. The summed E-state index contributed by atoms with van der Waals surface area (Å²) in [6.45, 7) is 3.65. The molecule has 6 heteroatoms. The van der Waals surface area contributed by atoms with Crippen molar-refractivity contribution >= 4 is 23.5 Å². The summed E-state index contributed by atoms with van der Waals surface area (Å²) < 4.78 is 5.38. The summed E-state index contributed by atoms with van der Waals surface area (Å²) in [4.78, 5) is 24.0. The molecule has 1 saturated heterocycles. The molecule has 0 radical (unpaired) electrons. The number of imide groups is 1. The van der Waals surface area contributed by atoms with Crippen LogP contribution in [0.5, 0.6) is 0 Å². The van der Waals surface area contributed by atoms with Gasteiger partial charge in [0.1, 0.15) is 5.88 Å². The van der Waals surface area contributed by atoms with Crippen molar-refractivity contribution in [2.75, 3.05) is 25.6 Å². The van der Waals surface area contributed by atoms with Gasteiger partial charge in [-0.25, -0.2) is 4.79 Å². The minimum absolute atomic E-state index is 0.00403. The smallest absolute Gasteiger partial charge is 0.324 e. The lowest BCUT2D eigenvalue weighted by Gasteiger charge is -2.21. The van der Waals surface area contributed by atoms with Gasteiger partial charge >= 0.3 is 6.03 Å². The van der Waals surface area contributed by atoms with Gasteiger partial charge in [0.05, 0.1) is 6.10 Å². The van der Waals surface area contributed by atoms with Crippen molar-refractivity contribution in [3.8, 4) is 0 Å². The number of urea groups is 1. The zero-order valence-electron chi connectivity index (χ0n) is 8.66. The van der Waals surface area contributed by atoms with Crippen LogP contribution in [0.3, 0.4) is 0 Å². The number of nitrogens with one attached hydrogen (secondary N) is 1. The monoisotopic (exact) mass is 234 g/mol. The van der Waals surface area contributed by atoms with E-state index in [9.17, 15) is 9.59 Å². The van der Waals surface area contributed by atoms with E-state index < -0.39 is 11.9 Å². The molecule has 1 rings (SSSR count). The zero-order chi connectivity index (χ0) is 11.3. The maximum atomic E-state index is 11.5. The molecule has 0 aromatic rings. The Bertz CT molecular complexity index is 248. The highest BCUT2D eigenvalue weighted by atomic mass is 35.5. The minimum Gasteiger partial charge on any atom is -0.377 e. The lowest BCUT2D eigenvalue weighted by Crippen LogP contribution is -2.45. The third-order valence-corrected chi connectivity index (χ3v) is 2.35. The molecule has 0 aromatic carbocycles. The topological polar surface area (TPSA) is 58.6 Å². The molecule has 1 unspecified atom stereocenters. The summed E-state index contributed by atoms with van der Waals surface area (Å²) in [7, 11) is 0. The van der Waals surface area contributed by atoms with Gasteiger partial charge in [-0.3, -0.25) is 10.1 Å². The summed E-state index contributed by atoms with van der Waals surface area (Å²) in [6, 6.07) is -0.391. The van der Waals surface area contributed by atoms with Crippen LogP contribution in [0, 0.1) is 0 Å². The molecule has 1 fully saturated rings. The van der Waals surface area contributed by atoms with E-state index in [1.165, 1.54) is 0 Å². The predicted molar refractivity (Wildman–Crippen MR) is 55.9 cm³/mol. The highest BCUT2D eigenvalue weighted by Crippen LogP contribution is 2.05. The van der Waals surface area contributed by atoms with Crippen LogP contribution in [0.4, 0.5) is 4.79 Å². The molecule has 0 saturated carbocycles. The molecule has 0 aromatic heterocycles.